The molecule has 0 saturated heterocycles. The Kier molecular flexibility index (Phi) is 3.05. The summed E-state index contributed by atoms with van der Waals surface area (Å²) in [5.74, 6) is -0.629. The van der Waals surface area contributed by atoms with Crippen LogP contribution in [0.5, 0.6) is 0 Å². The molecular weight excluding hydrogens is 210 g/mol. The van der Waals surface area contributed by atoms with Crippen LogP contribution in [0.25, 0.3) is 0 Å². The molecule has 4 heteroatoms. The third kappa shape index (κ3) is 2.20. The van der Waals surface area contributed by atoms with Gasteiger partial charge in [0, 0.05) is 11.1 Å². The molecule has 15 heavy (non-hydrogen) atoms. The molecule has 1 heterocycles. The number of carboxylic acids is 1. The van der Waals surface area contributed by atoms with Crippen molar-refractivity contribution in [2.45, 2.75) is 38.5 Å². The topological polar surface area (TPSA) is 50.2 Å². The number of rotatable bonds is 3. The molecule has 0 unspecified atom stereocenters. The first-order chi connectivity index (χ1) is 7.23. The second kappa shape index (κ2) is 4.31. The number of thiazole rings is 1. The average molecular weight is 225 g/mol. The molecule has 1 aromatic rings. The van der Waals surface area contributed by atoms with Crippen molar-refractivity contribution in [3.8, 4) is 0 Å². The predicted octanol–water partition coefficient (Wildman–Crippen LogP) is 2.72. The first-order valence-electron chi connectivity index (χ1n) is 5.34. The summed E-state index contributed by atoms with van der Waals surface area (Å²) in [4.78, 5) is 16.5. The zero-order valence-electron chi connectivity index (χ0n) is 8.61. The number of aliphatic carboxylic acids is 1. The lowest BCUT2D eigenvalue weighted by Gasteiger charge is -2.32. The monoisotopic (exact) mass is 225 g/mol. The van der Waals surface area contributed by atoms with E-state index in [1.165, 1.54) is 6.42 Å². The van der Waals surface area contributed by atoms with E-state index in [-0.39, 0.29) is 0 Å². The summed E-state index contributed by atoms with van der Waals surface area (Å²) in [6.07, 6.45) is 7.37. The lowest BCUT2D eigenvalue weighted by Crippen LogP contribution is -2.35. The highest BCUT2D eigenvalue weighted by atomic mass is 32.1. The molecule has 0 bridgehead atoms. The third-order valence-corrected chi connectivity index (χ3v) is 4.04. The minimum Gasteiger partial charge on any atom is -0.481 e. The molecule has 1 N–H and O–H groups in total. The summed E-state index contributed by atoms with van der Waals surface area (Å²) >= 11 is 1.56. The summed E-state index contributed by atoms with van der Waals surface area (Å²) in [7, 11) is 0. The Morgan fingerprint density at radius 2 is 2.20 bits per heavy atom. The summed E-state index contributed by atoms with van der Waals surface area (Å²) < 4.78 is 0. The Bertz CT molecular complexity index is 328. The molecule has 2 rings (SSSR count). The minimum atomic E-state index is -0.629. The van der Waals surface area contributed by atoms with Crippen molar-refractivity contribution in [2.24, 2.45) is 5.41 Å². The van der Waals surface area contributed by atoms with Gasteiger partial charge in [0.2, 0.25) is 0 Å². The van der Waals surface area contributed by atoms with Crippen LogP contribution in [0, 0.1) is 5.41 Å². The number of hydrogen-bond donors (Lipinski definition) is 1. The molecule has 1 aliphatic carbocycles. The fraction of sp³-hybridized carbons (Fsp3) is 0.636. The highest BCUT2D eigenvalue weighted by Crippen LogP contribution is 2.40. The van der Waals surface area contributed by atoms with Gasteiger partial charge in [0.25, 0.3) is 0 Å². The third-order valence-electron chi connectivity index (χ3n) is 3.26. The van der Waals surface area contributed by atoms with Crippen molar-refractivity contribution >= 4 is 17.3 Å². The van der Waals surface area contributed by atoms with Crippen molar-refractivity contribution in [1.29, 1.82) is 0 Å². The standard InChI is InChI=1S/C11H15NO2S/c13-10(14)11(4-2-1-3-5-11)6-9-7-12-8-15-9/h7-8H,1-6H2,(H,13,14). The number of carbonyl (C=O) groups is 1. The van der Waals surface area contributed by atoms with Gasteiger partial charge in [-0.05, 0) is 19.3 Å². The molecule has 0 amide bonds. The number of aromatic nitrogens is 1. The lowest BCUT2D eigenvalue weighted by molar-refractivity contribution is -0.151. The minimum absolute atomic E-state index is 0.509. The van der Waals surface area contributed by atoms with E-state index in [1.807, 2.05) is 0 Å². The highest BCUT2D eigenvalue weighted by Gasteiger charge is 2.39. The maximum absolute atomic E-state index is 11.4. The van der Waals surface area contributed by atoms with E-state index in [2.05, 4.69) is 4.98 Å². The summed E-state index contributed by atoms with van der Waals surface area (Å²) in [5, 5.41) is 9.37. The van der Waals surface area contributed by atoms with Crippen LogP contribution in [0.3, 0.4) is 0 Å². The first-order valence-corrected chi connectivity index (χ1v) is 6.22. The van der Waals surface area contributed by atoms with Gasteiger partial charge in [-0.25, -0.2) is 0 Å². The molecule has 1 saturated carbocycles. The van der Waals surface area contributed by atoms with Gasteiger partial charge in [-0.15, -0.1) is 11.3 Å². The maximum atomic E-state index is 11.4. The van der Waals surface area contributed by atoms with E-state index in [0.29, 0.717) is 6.42 Å². The Labute approximate surface area is 93.2 Å². The Balaban J connectivity index is 2.15. The van der Waals surface area contributed by atoms with E-state index < -0.39 is 11.4 Å². The van der Waals surface area contributed by atoms with Gasteiger partial charge in [0.1, 0.15) is 0 Å². The smallest absolute Gasteiger partial charge is 0.309 e. The van der Waals surface area contributed by atoms with Crippen molar-refractivity contribution < 1.29 is 9.90 Å². The van der Waals surface area contributed by atoms with Gasteiger partial charge in [-0.1, -0.05) is 19.3 Å². The molecule has 82 valence electrons. The van der Waals surface area contributed by atoms with Gasteiger partial charge in [-0.2, -0.15) is 0 Å². The van der Waals surface area contributed by atoms with Crippen LogP contribution < -0.4 is 0 Å². The highest BCUT2D eigenvalue weighted by molar-refractivity contribution is 7.09. The molecule has 1 aromatic heterocycles. The quantitative estimate of drug-likeness (QED) is 0.860. The molecule has 0 atom stereocenters. The van der Waals surface area contributed by atoms with Crippen LogP contribution in [-0.4, -0.2) is 16.1 Å². The summed E-state index contributed by atoms with van der Waals surface area (Å²) in [5.41, 5.74) is 1.26. The molecule has 0 aromatic carbocycles. The van der Waals surface area contributed by atoms with Gasteiger partial charge in [0.05, 0.1) is 10.9 Å². The second-order valence-electron chi connectivity index (χ2n) is 4.29. The summed E-state index contributed by atoms with van der Waals surface area (Å²) in [6, 6.07) is 0. The fourth-order valence-corrected chi connectivity index (χ4v) is 3.10. The molecule has 1 aliphatic rings. The van der Waals surface area contributed by atoms with E-state index in [9.17, 15) is 9.90 Å². The Morgan fingerprint density at radius 3 is 2.73 bits per heavy atom. The van der Waals surface area contributed by atoms with Crippen LogP contribution in [0.1, 0.15) is 37.0 Å². The van der Waals surface area contributed by atoms with Crippen molar-refractivity contribution in [3.63, 3.8) is 0 Å². The average Bonchev–Trinajstić information content (AvgIpc) is 2.71. The van der Waals surface area contributed by atoms with Crippen molar-refractivity contribution in [1.82, 2.24) is 4.98 Å². The number of nitrogens with zero attached hydrogens (tertiary/aromatic N) is 1. The largest absolute Gasteiger partial charge is 0.481 e. The Hall–Kier alpha value is -0.900. The Morgan fingerprint density at radius 1 is 1.47 bits per heavy atom. The van der Waals surface area contributed by atoms with Crippen LogP contribution in [0.4, 0.5) is 0 Å². The first kappa shape index (κ1) is 10.6. The van der Waals surface area contributed by atoms with E-state index in [1.54, 1.807) is 23.0 Å². The zero-order valence-corrected chi connectivity index (χ0v) is 9.42. The number of hydrogen-bond acceptors (Lipinski definition) is 3. The fourth-order valence-electron chi connectivity index (χ4n) is 2.36. The van der Waals surface area contributed by atoms with Crippen LogP contribution in [0.15, 0.2) is 11.7 Å². The molecule has 0 spiro atoms. The molecule has 0 aliphatic heterocycles. The van der Waals surface area contributed by atoms with Crippen molar-refractivity contribution in [2.75, 3.05) is 0 Å². The normalized spacial score (nSPS) is 20.0. The van der Waals surface area contributed by atoms with E-state index in [0.717, 1.165) is 30.6 Å². The number of carboxylic acid groups (broad SMARTS) is 1. The lowest BCUT2D eigenvalue weighted by atomic mass is 9.71. The van der Waals surface area contributed by atoms with E-state index in [4.69, 9.17) is 0 Å². The zero-order chi connectivity index (χ0) is 10.7. The van der Waals surface area contributed by atoms with Gasteiger partial charge < -0.3 is 5.11 Å². The van der Waals surface area contributed by atoms with Crippen LogP contribution in [-0.2, 0) is 11.2 Å². The van der Waals surface area contributed by atoms with Crippen molar-refractivity contribution in [3.05, 3.63) is 16.6 Å². The van der Waals surface area contributed by atoms with Crippen LogP contribution >= 0.6 is 11.3 Å². The summed E-state index contributed by atoms with van der Waals surface area (Å²) in [6.45, 7) is 0. The van der Waals surface area contributed by atoms with E-state index >= 15 is 0 Å². The second-order valence-corrected chi connectivity index (χ2v) is 5.26. The van der Waals surface area contributed by atoms with Crippen LogP contribution in [0.2, 0.25) is 0 Å². The predicted molar refractivity (Wildman–Crippen MR) is 59.0 cm³/mol. The van der Waals surface area contributed by atoms with Gasteiger partial charge >= 0.3 is 5.97 Å². The maximum Gasteiger partial charge on any atom is 0.309 e. The SMILES string of the molecule is O=C(O)C1(Cc2cncs2)CCCCC1. The molecule has 1 fully saturated rings. The van der Waals surface area contributed by atoms with Gasteiger partial charge in [-0.3, -0.25) is 9.78 Å². The molecule has 0 radical (unpaired) electrons. The van der Waals surface area contributed by atoms with Gasteiger partial charge in [0.15, 0.2) is 0 Å². The molecule has 3 nitrogen and oxygen atoms in total. The molecular formula is C11H15NO2S.